The first-order valence-corrected chi connectivity index (χ1v) is 4.94. The molecule has 0 aromatic rings. The van der Waals surface area contributed by atoms with Crippen molar-refractivity contribution in [1.29, 1.82) is 0 Å². The quantitative estimate of drug-likeness (QED) is 0.570. The van der Waals surface area contributed by atoms with Crippen LogP contribution in [-0.4, -0.2) is 33.0 Å². The Kier molecular flexibility index (Phi) is 4.24. The fourth-order valence-electron chi connectivity index (χ4n) is 0.872. The summed E-state index contributed by atoms with van der Waals surface area (Å²) in [7, 11) is -2.68. The standard InChI is InChI=1S/C5H11NO2S.ClH/c7-9(8)4-1-2-6-3-5-9;/h6H,1-5H2;1H. The average Bonchev–Trinajstić information content (AvgIpc) is 1.92. The van der Waals surface area contributed by atoms with Gasteiger partial charge in [0.05, 0.1) is 11.5 Å². The van der Waals surface area contributed by atoms with Crippen LogP contribution in [0.2, 0.25) is 0 Å². The van der Waals surface area contributed by atoms with Crippen LogP contribution in [0.1, 0.15) is 6.42 Å². The molecule has 0 amide bonds. The Morgan fingerprint density at radius 1 is 1.10 bits per heavy atom. The maximum Gasteiger partial charge on any atom is 0.151 e. The van der Waals surface area contributed by atoms with Crippen molar-refractivity contribution in [2.75, 3.05) is 24.6 Å². The van der Waals surface area contributed by atoms with Crippen LogP contribution >= 0.6 is 12.4 Å². The first kappa shape index (κ1) is 10.2. The Morgan fingerprint density at radius 3 is 2.50 bits per heavy atom. The molecule has 1 aliphatic heterocycles. The van der Waals surface area contributed by atoms with E-state index in [4.69, 9.17) is 0 Å². The highest BCUT2D eigenvalue weighted by molar-refractivity contribution is 7.91. The van der Waals surface area contributed by atoms with E-state index >= 15 is 0 Å². The van der Waals surface area contributed by atoms with Gasteiger partial charge in [0.2, 0.25) is 0 Å². The van der Waals surface area contributed by atoms with E-state index in [1.165, 1.54) is 0 Å². The van der Waals surface area contributed by atoms with E-state index in [1.807, 2.05) is 0 Å². The van der Waals surface area contributed by atoms with E-state index in [0.29, 0.717) is 18.1 Å². The van der Waals surface area contributed by atoms with Crippen molar-refractivity contribution in [3.05, 3.63) is 0 Å². The minimum Gasteiger partial charge on any atom is -0.316 e. The molecule has 10 heavy (non-hydrogen) atoms. The normalized spacial score (nSPS) is 24.4. The van der Waals surface area contributed by atoms with Crippen molar-refractivity contribution in [2.45, 2.75) is 6.42 Å². The smallest absolute Gasteiger partial charge is 0.151 e. The monoisotopic (exact) mass is 185 g/mol. The van der Waals surface area contributed by atoms with Gasteiger partial charge in [-0.1, -0.05) is 0 Å². The van der Waals surface area contributed by atoms with Gasteiger partial charge in [0, 0.05) is 6.54 Å². The third-order valence-corrected chi connectivity index (χ3v) is 3.14. The van der Waals surface area contributed by atoms with Crippen LogP contribution in [0.5, 0.6) is 0 Å². The lowest BCUT2D eigenvalue weighted by Gasteiger charge is -1.93. The van der Waals surface area contributed by atoms with E-state index in [9.17, 15) is 8.42 Å². The predicted octanol–water partition coefficient (Wildman–Crippen LogP) is -0.184. The molecule has 0 saturated carbocycles. The van der Waals surface area contributed by atoms with Crippen LogP contribution < -0.4 is 5.32 Å². The molecule has 62 valence electrons. The molecule has 0 spiro atoms. The average molecular weight is 186 g/mol. The van der Waals surface area contributed by atoms with Gasteiger partial charge in [-0.3, -0.25) is 0 Å². The fourth-order valence-corrected chi connectivity index (χ4v) is 2.12. The predicted molar refractivity (Wildman–Crippen MR) is 43.4 cm³/mol. The Bertz CT molecular complexity index is 164. The summed E-state index contributed by atoms with van der Waals surface area (Å²) >= 11 is 0. The minimum absolute atomic E-state index is 0. The summed E-state index contributed by atoms with van der Waals surface area (Å²) < 4.78 is 21.7. The number of nitrogens with one attached hydrogen (secondary N) is 1. The van der Waals surface area contributed by atoms with E-state index in [-0.39, 0.29) is 12.4 Å². The summed E-state index contributed by atoms with van der Waals surface area (Å²) in [6.07, 6.45) is 0.766. The van der Waals surface area contributed by atoms with Gasteiger partial charge in [-0.2, -0.15) is 0 Å². The van der Waals surface area contributed by atoms with Gasteiger partial charge >= 0.3 is 0 Å². The summed E-state index contributed by atoms with van der Waals surface area (Å²) in [5.74, 6) is 0.674. The highest BCUT2D eigenvalue weighted by Crippen LogP contribution is 1.95. The van der Waals surface area contributed by atoms with Crippen LogP contribution in [-0.2, 0) is 9.84 Å². The first-order valence-electron chi connectivity index (χ1n) is 3.12. The minimum atomic E-state index is -2.68. The van der Waals surface area contributed by atoms with E-state index < -0.39 is 9.84 Å². The zero-order valence-electron chi connectivity index (χ0n) is 5.67. The van der Waals surface area contributed by atoms with Gasteiger partial charge in [-0.25, -0.2) is 8.42 Å². The molecule has 0 atom stereocenters. The van der Waals surface area contributed by atoms with Crippen molar-refractivity contribution in [3.63, 3.8) is 0 Å². The third-order valence-electron chi connectivity index (χ3n) is 1.40. The lowest BCUT2D eigenvalue weighted by atomic mass is 10.5. The molecule has 0 aromatic heterocycles. The number of hydrogen-bond donors (Lipinski definition) is 1. The molecule has 1 fully saturated rings. The van der Waals surface area contributed by atoms with Crippen molar-refractivity contribution >= 4 is 22.2 Å². The summed E-state index contributed by atoms with van der Waals surface area (Å²) in [4.78, 5) is 0. The SMILES string of the molecule is Cl.O=S1(=O)CCCNCC1. The highest BCUT2D eigenvalue weighted by atomic mass is 35.5. The van der Waals surface area contributed by atoms with Gasteiger partial charge in [0.25, 0.3) is 0 Å². The van der Waals surface area contributed by atoms with Crippen molar-refractivity contribution in [1.82, 2.24) is 5.32 Å². The zero-order chi connectivity index (χ0) is 6.74. The summed E-state index contributed by atoms with van der Waals surface area (Å²) in [5, 5.41) is 3.02. The summed E-state index contributed by atoms with van der Waals surface area (Å²) in [5.41, 5.74) is 0. The van der Waals surface area contributed by atoms with Gasteiger partial charge in [0.1, 0.15) is 0 Å². The number of sulfone groups is 1. The lowest BCUT2D eigenvalue weighted by Crippen LogP contribution is -2.18. The van der Waals surface area contributed by atoms with Gasteiger partial charge in [-0.15, -0.1) is 12.4 Å². The lowest BCUT2D eigenvalue weighted by molar-refractivity contribution is 0.597. The maximum atomic E-state index is 10.8. The van der Waals surface area contributed by atoms with Crippen molar-refractivity contribution < 1.29 is 8.42 Å². The molecule has 5 heteroatoms. The summed E-state index contributed by atoms with van der Waals surface area (Å²) in [6.45, 7) is 1.47. The molecular formula is C5H12ClNO2S. The molecule has 0 radical (unpaired) electrons. The first-order chi connectivity index (χ1) is 4.21. The summed E-state index contributed by atoms with van der Waals surface area (Å²) in [6, 6.07) is 0. The molecule has 1 aliphatic rings. The van der Waals surface area contributed by atoms with Gasteiger partial charge < -0.3 is 5.32 Å². The zero-order valence-corrected chi connectivity index (χ0v) is 7.30. The molecule has 0 unspecified atom stereocenters. The number of halogens is 1. The van der Waals surface area contributed by atoms with E-state index in [0.717, 1.165) is 13.0 Å². The van der Waals surface area contributed by atoms with Crippen LogP contribution in [0.4, 0.5) is 0 Å². The Balaban J connectivity index is 0.000000810. The fraction of sp³-hybridized carbons (Fsp3) is 1.00. The molecule has 3 nitrogen and oxygen atoms in total. The second-order valence-corrected chi connectivity index (χ2v) is 4.56. The highest BCUT2D eigenvalue weighted by Gasteiger charge is 2.12. The van der Waals surface area contributed by atoms with Gasteiger partial charge in [-0.05, 0) is 13.0 Å². The second-order valence-electron chi connectivity index (χ2n) is 2.26. The number of rotatable bonds is 0. The molecule has 0 aliphatic carbocycles. The van der Waals surface area contributed by atoms with Crippen LogP contribution in [0.3, 0.4) is 0 Å². The molecular weight excluding hydrogens is 174 g/mol. The van der Waals surface area contributed by atoms with E-state index in [1.54, 1.807) is 0 Å². The van der Waals surface area contributed by atoms with Crippen molar-refractivity contribution in [2.24, 2.45) is 0 Å². The maximum absolute atomic E-state index is 10.8. The molecule has 0 bridgehead atoms. The Labute approximate surface area is 67.5 Å². The van der Waals surface area contributed by atoms with Crippen molar-refractivity contribution in [3.8, 4) is 0 Å². The Morgan fingerprint density at radius 2 is 1.80 bits per heavy atom. The molecule has 1 heterocycles. The topological polar surface area (TPSA) is 46.2 Å². The van der Waals surface area contributed by atoms with Crippen LogP contribution in [0, 0.1) is 0 Å². The van der Waals surface area contributed by atoms with E-state index in [2.05, 4.69) is 5.32 Å². The van der Waals surface area contributed by atoms with Gasteiger partial charge in [0.15, 0.2) is 9.84 Å². The molecule has 0 aromatic carbocycles. The molecule has 1 rings (SSSR count). The van der Waals surface area contributed by atoms with Crippen LogP contribution in [0.25, 0.3) is 0 Å². The molecule has 1 saturated heterocycles. The molecule has 1 N–H and O–H groups in total. The van der Waals surface area contributed by atoms with Crippen LogP contribution in [0.15, 0.2) is 0 Å². The largest absolute Gasteiger partial charge is 0.316 e. The third kappa shape index (κ3) is 3.39. The Hall–Kier alpha value is 0.200. The second kappa shape index (κ2) is 4.16. The number of hydrogen-bond acceptors (Lipinski definition) is 3.